The van der Waals surface area contributed by atoms with Gasteiger partial charge in [-0.25, -0.2) is 4.98 Å². The Labute approximate surface area is 81.7 Å². The van der Waals surface area contributed by atoms with E-state index in [1.54, 1.807) is 19.3 Å². The first-order valence-electron chi connectivity index (χ1n) is 4.07. The summed E-state index contributed by atoms with van der Waals surface area (Å²) in [6.07, 6.45) is 1.60. The van der Waals surface area contributed by atoms with Gasteiger partial charge in [-0.2, -0.15) is 4.98 Å². The Hall–Kier alpha value is -1.85. The van der Waals surface area contributed by atoms with E-state index in [9.17, 15) is 4.79 Å². The SMILES string of the molecule is CNc1nccc(NCC(=O)OC)n1. The van der Waals surface area contributed by atoms with Crippen molar-refractivity contribution in [2.45, 2.75) is 0 Å². The first kappa shape index (κ1) is 10.2. The fourth-order valence-corrected chi connectivity index (χ4v) is 0.813. The van der Waals surface area contributed by atoms with Crippen LogP contribution in [0.4, 0.5) is 11.8 Å². The maximum absolute atomic E-state index is 10.8. The van der Waals surface area contributed by atoms with Crippen molar-refractivity contribution in [1.29, 1.82) is 0 Å². The van der Waals surface area contributed by atoms with Crippen molar-refractivity contribution in [1.82, 2.24) is 9.97 Å². The predicted molar refractivity (Wildman–Crippen MR) is 52.1 cm³/mol. The first-order valence-corrected chi connectivity index (χ1v) is 4.07. The van der Waals surface area contributed by atoms with E-state index in [1.165, 1.54) is 7.11 Å². The fourth-order valence-electron chi connectivity index (χ4n) is 0.813. The van der Waals surface area contributed by atoms with Crippen molar-refractivity contribution in [2.24, 2.45) is 0 Å². The molecule has 1 aromatic heterocycles. The van der Waals surface area contributed by atoms with Crippen LogP contribution in [-0.2, 0) is 9.53 Å². The molecule has 1 aromatic rings. The minimum Gasteiger partial charge on any atom is -0.468 e. The van der Waals surface area contributed by atoms with E-state index in [0.29, 0.717) is 11.8 Å². The van der Waals surface area contributed by atoms with Crippen molar-refractivity contribution >= 4 is 17.7 Å². The third-order valence-corrected chi connectivity index (χ3v) is 1.52. The normalized spacial score (nSPS) is 9.29. The maximum Gasteiger partial charge on any atom is 0.325 e. The summed E-state index contributed by atoms with van der Waals surface area (Å²) in [6.45, 7) is 0.0939. The molecule has 0 amide bonds. The summed E-state index contributed by atoms with van der Waals surface area (Å²) >= 11 is 0. The van der Waals surface area contributed by atoms with E-state index in [0.717, 1.165) is 0 Å². The van der Waals surface area contributed by atoms with Crippen molar-refractivity contribution in [3.05, 3.63) is 12.3 Å². The summed E-state index contributed by atoms with van der Waals surface area (Å²) in [5, 5.41) is 5.59. The number of methoxy groups -OCH3 is 1. The largest absolute Gasteiger partial charge is 0.468 e. The number of ether oxygens (including phenoxy) is 1. The molecular weight excluding hydrogens is 184 g/mol. The third kappa shape index (κ3) is 2.89. The summed E-state index contributed by atoms with van der Waals surface area (Å²) < 4.78 is 4.47. The van der Waals surface area contributed by atoms with Crippen LogP contribution in [-0.4, -0.2) is 36.6 Å². The van der Waals surface area contributed by atoms with Gasteiger partial charge in [0.2, 0.25) is 5.95 Å². The highest BCUT2D eigenvalue weighted by atomic mass is 16.5. The minimum absolute atomic E-state index is 0.0939. The molecule has 0 fully saturated rings. The number of carbonyl (C=O) groups is 1. The minimum atomic E-state index is -0.338. The Morgan fingerprint density at radius 3 is 3.07 bits per heavy atom. The molecule has 0 aliphatic rings. The second-order valence-electron chi connectivity index (χ2n) is 2.45. The van der Waals surface area contributed by atoms with E-state index in [1.807, 2.05) is 0 Å². The molecule has 0 unspecified atom stereocenters. The van der Waals surface area contributed by atoms with Gasteiger partial charge in [0.1, 0.15) is 12.4 Å². The second kappa shape index (κ2) is 5.00. The van der Waals surface area contributed by atoms with Crippen LogP contribution >= 0.6 is 0 Å². The molecule has 0 aliphatic heterocycles. The van der Waals surface area contributed by atoms with Gasteiger partial charge in [-0.15, -0.1) is 0 Å². The number of carbonyl (C=O) groups excluding carboxylic acids is 1. The average Bonchev–Trinajstić information content (AvgIpc) is 2.26. The van der Waals surface area contributed by atoms with Gasteiger partial charge >= 0.3 is 5.97 Å². The van der Waals surface area contributed by atoms with Gasteiger partial charge in [-0.3, -0.25) is 4.79 Å². The lowest BCUT2D eigenvalue weighted by Crippen LogP contribution is -2.16. The number of nitrogens with zero attached hydrogens (tertiary/aromatic N) is 2. The van der Waals surface area contributed by atoms with Crippen LogP contribution < -0.4 is 10.6 Å². The number of esters is 1. The topological polar surface area (TPSA) is 76.1 Å². The van der Waals surface area contributed by atoms with Crippen molar-refractivity contribution in [3.8, 4) is 0 Å². The maximum atomic E-state index is 10.8. The molecule has 0 aliphatic carbocycles. The molecule has 0 aromatic carbocycles. The number of aromatic nitrogens is 2. The Morgan fingerprint density at radius 1 is 1.64 bits per heavy atom. The van der Waals surface area contributed by atoms with Crippen LogP contribution in [0.2, 0.25) is 0 Å². The van der Waals surface area contributed by atoms with E-state index >= 15 is 0 Å². The fraction of sp³-hybridized carbons (Fsp3) is 0.375. The van der Waals surface area contributed by atoms with E-state index < -0.39 is 0 Å². The monoisotopic (exact) mass is 196 g/mol. The molecular formula is C8H12N4O2. The molecule has 0 bridgehead atoms. The van der Waals surface area contributed by atoms with Gasteiger partial charge in [0.05, 0.1) is 7.11 Å². The lowest BCUT2D eigenvalue weighted by Gasteiger charge is -2.04. The number of hydrogen-bond acceptors (Lipinski definition) is 6. The number of anilines is 2. The Kier molecular flexibility index (Phi) is 3.66. The summed E-state index contributed by atoms with van der Waals surface area (Å²) in [7, 11) is 3.06. The van der Waals surface area contributed by atoms with Crippen molar-refractivity contribution in [3.63, 3.8) is 0 Å². The van der Waals surface area contributed by atoms with Crippen LogP contribution in [0.3, 0.4) is 0 Å². The molecule has 0 atom stereocenters. The van der Waals surface area contributed by atoms with E-state index in [2.05, 4.69) is 25.3 Å². The highest BCUT2D eigenvalue weighted by molar-refractivity contribution is 5.74. The molecule has 1 heterocycles. The predicted octanol–water partition coefficient (Wildman–Crippen LogP) is 0.103. The lowest BCUT2D eigenvalue weighted by molar-refractivity contribution is -0.138. The highest BCUT2D eigenvalue weighted by Crippen LogP contribution is 2.03. The highest BCUT2D eigenvalue weighted by Gasteiger charge is 2.01. The van der Waals surface area contributed by atoms with Crippen LogP contribution in [0.5, 0.6) is 0 Å². The zero-order valence-electron chi connectivity index (χ0n) is 8.07. The smallest absolute Gasteiger partial charge is 0.325 e. The summed E-state index contributed by atoms with van der Waals surface area (Å²) in [4.78, 5) is 18.8. The van der Waals surface area contributed by atoms with Gasteiger partial charge in [-0.1, -0.05) is 0 Å². The molecule has 0 saturated heterocycles. The number of nitrogens with one attached hydrogen (secondary N) is 2. The van der Waals surface area contributed by atoms with Crippen molar-refractivity contribution < 1.29 is 9.53 Å². The molecule has 2 N–H and O–H groups in total. The zero-order valence-corrected chi connectivity index (χ0v) is 8.07. The number of hydrogen-bond donors (Lipinski definition) is 2. The summed E-state index contributed by atoms with van der Waals surface area (Å²) in [6, 6.07) is 1.67. The first-order chi connectivity index (χ1) is 6.76. The van der Waals surface area contributed by atoms with Crippen molar-refractivity contribution in [2.75, 3.05) is 31.3 Å². The molecule has 76 valence electrons. The third-order valence-electron chi connectivity index (χ3n) is 1.52. The van der Waals surface area contributed by atoms with Gasteiger partial charge in [-0.05, 0) is 6.07 Å². The van der Waals surface area contributed by atoms with E-state index in [4.69, 9.17) is 0 Å². The van der Waals surface area contributed by atoms with Crippen LogP contribution in [0, 0.1) is 0 Å². The van der Waals surface area contributed by atoms with Crippen LogP contribution in [0.25, 0.3) is 0 Å². The summed E-state index contributed by atoms with van der Waals surface area (Å²) in [5.74, 6) is 0.740. The molecule has 0 saturated carbocycles. The quantitative estimate of drug-likeness (QED) is 0.665. The van der Waals surface area contributed by atoms with Gasteiger partial charge in [0, 0.05) is 13.2 Å². The zero-order chi connectivity index (χ0) is 10.4. The lowest BCUT2D eigenvalue weighted by atomic mass is 10.5. The van der Waals surface area contributed by atoms with Gasteiger partial charge in [0.15, 0.2) is 0 Å². The summed E-state index contributed by atoms with van der Waals surface area (Å²) in [5.41, 5.74) is 0. The van der Waals surface area contributed by atoms with Crippen LogP contribution in [0.15, 0.2) is 12.3 Å². The van der Waals surface area contributed by atoms with E-state index in [-0.39, 0.29) is 12.5 Å². The Morgan fingerprint density at radius 2 is 2.43 bits per heavy atom. The molecule has 1 rings (SSSR count). The standard InChI is InChI=1S/C8H12N4O2/c1-9-8-10-4-3-6(12-8)11-5-7(13)14-2/h3-4H,5H2,1-2H3,(H2,9,10,11,12). The number of rotatable bonds is 4. The van der Waals surface area contributed by atoms with Crippen LogP contribution in [0.1, 0.15) is 0 Å². The second-order valence-corrected chi connectivity index (χ2v) is 2.45. The molecule has 14 heavy (non-hydrogen) atoms. The molecule has 0 radical (unpaired) electrons. The average molecular weight is 196 g/mol. The molecule has 6 nitrogen and oxygen atoms in total. The van der Waals surface area contributed by atoms with Gasteiger partial charge in [0.25, 0.3) is 0 Å². The Balaban J connectivity index is 2.54. The Bertz CT molecular complexity index is 316. The molecule has 6 heteroatoms. The molecule has 0 spiro atoms. The van der Waals surface area contributed by atoms with Gasteiger partial charge < -0.3 is 15.4 Å².